The van der Waals surface area contributed by atoms with Crippen LogP contribution in [0.5, 0.6) is 0 Å². The topological polar surface area (TPSA) is 75.5 Å². The van der Waals surface area contributed by atoms with Crippen molar-refractivity contribution in [3.8, 4) is 40.3 Å². The predicted molar refractivity (Wildman–Crippen MR) is 252 cm³/mol. The summed E-state index contributed by atoms with van der Waals surface area (Å²) < 4.78 is 13.4. The standard InChI is InChI=1S/C56H31N5O/c57-32-34-30-36(31-35(33-58)53(34)61-49-26-8-3-16-39(49)40-17-4-9-27-50(40)61)59-54-42(19-11-20-44(54)46-23-12-22-45-41-18-5-10-29-52(41)62-56(45)46)43-21-13-28-51(55(43)59)60-47-24-6-1-14-37(47)38-15-2-7-25-48(38)60/h1-31H. The molecule has 0 atom stereocenters. The number of benzene rings is 9. The van der Waals surface area contributed by atoms with Crippen molar-refractivity contribution < 1.29 is 4.42 Å². The summed E-state index contributed by atoms with van der Waals surface area (Å²) in [6.45, 7) is 0. The lowest BCUT2D eigenvalue weighted by atomic mass is 9.99. The molecule has 0 aliphatic carbocycles. The minimum atomic E-state index is 0.395. The Morgan fingerprint density at radius 1 is 0.371 bits per heavy atom. The Labute approximate surface area is 354 Å². The van der Waals surface area contributed by atoms with E-state index in [1.807, 2.05) is 54.6 Å². The number of hydrogen-bond donors (Lipinski definition) is 0. The van der Waals surface area contributed by atoms with E-state index in [4.69, 9.17) is 4.42 Å². The summed E-state index contributed by atoms with van der Waals surface area (Å²) in [5.41, 5.74) is 12.5. The number of aromatic nitrogens is 3. The summed E-state index contributed by atoms with van der Waals surface area (Å²) in [4.78, 5) is 0. The fraction of sp³-hybridized carbons (Fsp3) is 0. The van der Waals surface area contributed by atoms with Gasteiger partial charge in [0.2, 0.25) is 0 Å². The Kier molecular flexibility index (Phi) is 7.05. The molecule has 13 rings (SSSR count). The van der Waals surface area contributed by atoms with E-state index in [-0.39, 0.29) is 0 Å². The van der Waals surface area contributed by atoms with Crippen molar-refractivity contribution in [3.05, 3.63) is 199 Å². The maximum atomic E-state index is 11.2. The maximum Gasteiger partial charge on any atom is 0.143 e. The Morgan fingerprint density at radius 3 is 1.40 bits per heavy atom. The van der Waals surface area contributed by atoms with E-state index in [1.54, 1.807) is 0 Å². The molecule has 13 aromatic rings. The Hall–Kier alpha value is -8.84. The largest absolute Gasteiger partial charge is 0.455 e. The van der Waals surface area contributed by atoms with E-state index in [9.17, 15) is 10.5 Å². The lowest BCUT2D eigenvalue weighted by molar-refractivity contribution is 0.670. The third-order valence-corrected chi connectivity index (χ3v) is 12.7. The normalized spacial score (nSPS) is 11.8. The SMILES string of the molecule is N#Cc1cc(-n2c3c(-c4cccc5c4oc4ccccc45)cccc3c3cccc(-n4c5ccccc5c5ccccc54)c32)cc(C#N)c1-n1c2ccccc2c2ccccc21. The lowest BCUT2D eigenvalue weighted by Gasteiger charge is -2.18. The van der Waals surface area contributed by atoms with Crippen molar-refractivity contribution in [2.45, 2.75) is 0 Å². The molecule has 4 aromatic heterocycles. The first-order chi connectivity index (χ1) is 30.7. The average Bonchev–Trinajstić information content (AvgIpc) is 4.08. The lowest BCUT2D eigenvalue weighted by Crippen LogP contribution is -2.06. The molecule has 0 unspecified atom stereocenters. The molecule has 0 amide bonds. The van der Waals surface area contributed by atoms with E-state index in [0.29, 0.717) is 22.5 Å². The molecule has 286 valence electrons. The second-order valence-corrected chi connectivity index (χ2v) is 15.8. The van der Waals surface area contributed by atoms with Crippen molar-refractivity contribution in [3.63, 3.8) is 0 Å². The zero-order chi connectivity index (χ0) is 41.1. The van der Waals surface area contributed by atoms with E-state index < -0.39 is 0 Å². The molecule has 6 nitrogen and oxygen atoms in total. The van der Waals surface area contributed by atoms with Crippen LogP contribution in [0.4, 0.5) is 0 Å². The highest BCUT2D eigenvalue weighted by molar-refractivity contribution is 6.20. The highest BCUT2D eigenvalue weighted by Gasteiger charge is 2.26. The van der Waals surface area contributed by atoms with Crippen LogP contribution < -0.4 is 0 Å². The number of rotatable bonds is 4. The molecule has 62 heavy (non-hydrogen) atoms. The third kappa shape index (κ3) is 4.55. The highest BCUT2D eigenvalue weighted by atomic mass is 16.3. The van der Waals surface area contributed by atoms with Gasteiger partial charge in [-0.3, -0.25) is 0 Å². The molecule has 0 saturated carbocycles. The minimum Gasteiger partial charge on any atom is -0.455 e. The Balaban J connectivity index is 1.20. The zero-order valence-electron chi connectivity index (χ0n) is 33.0. The molecule has 0 spiro atoms. The molecular weight excluding hydrogens is 759 g/mol. The summed E-state index contributed by atoms with van der Waals surface area (Å²) in [5, 5.41) is 31.0. The first-order valence-electron chi connectivity index (χ1n) is 20.6. The molecular formula is C56H31N5O. The molecule has 0 aliphatic heterocycles. The van der Waals surface area contributed by atoms with Gasteiger partial charge in [0.15, 0.2) is 0 Å². The van der Waals surface area contributed by atoms with Gasteiger partial charge in [-0.15, -0.1) is 0 Å². The van der Waals surface area contributed by atoms with Gasteiger partial charge in [0, 0.05) is 59.9 Å². The number of para-hydroxylation sites is 8. The molecule has 0 radical (unpaired) electrons. The molecule has 6 heteroatoms. The van der Waals surface area contributed by atoms with Crippen molar-refractivity contribution in [1.82, 2.24) is 13.7 Å². The quantitative estimate of drug-likeness (QED) is 0.178. The van der Waals surface area contributed by atoms with Gasteiger partial charge in [-0.1, -0.05) is 140 Å². The van der Waals surface area contributed by atoms with Crippen molar-refractivity contribution in [2.24, 2.45) is 0 Å². The number of furan rings is 1. The van der Waals surface area contributed by atoms with Crippen LogP contribution in [0.2, 0.25) is 0 Å². The van der Waals surface area contributed by atoms with Crippen molar-refractivity contribution in [2.75, 3.05) is 0 Å². The van der Waals surface area contributed by atoms with Crippen LogP contribution in [0.3, 0.4) is 0 Å². The zero-order valence-corrected chi connectivity index (χ0v) is 33.0. The van der Waals surface area contributed by atoms with E-state index in [1.165, 1.54) is 0 Å². The Bertz CT molecular complexity index is 4000. The summed E-state index contributed by atoms with van der Waals surface area (Å²) in [5.74, 6) is 0. The average molecular weight is 790 g/mol. The van der Waals surface area contributed by atoms with Gasteiger partial charge in [0.1, 0.15) is 23.3 Å². The van der Waals surface area contributed by atoms with Crippen LogP contribution in [0.15, 0.2) is 192 Å². The van der Waals surface area contributed by atoms with E-state index in [2.05, 4.69) is 159 Å². The molecule has 9 aromatic carbocycles. The number of nitrogens with zero attached hydrogens (tertiary/aromatic N) is 5. The number of hydrogen-bond acceptors (Lipinski definition) is 3. The van der Waals surface area contributed by atoms with Crippen LogP contribution in [-0.2, 0) is 0 Å². The van der Waals surface area contributed by atoms with E-state index >= 15 is 0 Å². The highest BCUT2D eigenvalue weighted by Crippen LogP contribution is 2.46. The second kappa shape index (κ2) is 12.8. The number of fused-ring (bicyclic) bond motifs is 12. The fourth-order valence-electron chi connectivity index (χ4n) is 10.2. The van der Waals surface area contributed by atoms with Gasteiger partial charge < -0.3 is 18.1 Å². The van der Waals surface area contributed by atoms with Crippen molar-refractivity contribution >= 4 is 87.4 Å². The van der Waals surface area contributed by atoms with Crippen LogP contribution in [0.1, 0.15) is 11.1 Å². The Morgan fingerprint density at radius 2 is 0.823 bits per heavy atom. The predicted octanol–water partition coefficient (Wildman–Crippen LogP) is 14.3. The maximum absolute atomic E-state index is 11.2. The molecule has 4 heterocycles. The third-order valence-electron chi connectivity index (χ3n) is 12.7. The summed E-state index contributed by atoms with van der Waals surface area (Å²) in [6, 6.07) is 69.9. The fourth-order valence-corrected chi connectivity index (χ4v) is 10.2. The molecule has 0 saturated heterocycles. The molecule has 0 aliphatic rings. The van der Waals surface area contributed by atoms with E-state index in [0.717, 1.165) is 104 Å². The summed E-state index contributed by atoms with van der Waals surface area (Å²) in [6.07, 6.45) is 0. The number of nitriles is 2. The first kappa shape index (κ1) is 34.1. The van der Waals surface area contributed by atoms with Gasteiger partial charge in [0.25, 0.3) is 0 Å². The van der Waals surface area contributed by atoms with Crippen LogP contribution in [-0.4, -0.2) is 13.7 Å². The molecule has 0 bridgehead atoms. The van der Waals surface area contributed by atoms with Gasteiger partial charge in [-0.2, -0.15) is 10.5 Å². The van der Waals surface area contributed by atoms with Gasteiger partial charge in [-0.05, 0) is 48.5 Å². The van der Waals surface area contributed by atoms with Crippen LogP contribution in [0.25, 0.3) is 116 Å². The minimum absolute atomic E-state index is 0.395. The van der Waals surface area contributed by atoms with Crippen molar-refractivity contribution in [1.29, 1.82) is 10.5 Å². The second-order valence-electron chi connectivity index (χ2n) is 15.8. The molecule has 0 fully saturated rings. The van der Waals surface area contributed by atoms with Crippen LogP contribution in [0, 0.1) is 22.7 Å². The monoisotopic (exact) mass is 789 g/mol. The summed E-state index contributed by atoms with van der Waals surface area (Å²) >= 11 is 0. The van der Waals surface area contributed by atoms with Gasteiger partial charge in [-0.25, -0.2) is 0 Å². The summed E-state index contributed by atoms with van der Waals surface area (Å²) in [7, 11) is 0. The van der Waals surface area contributed by atoms with Gasteiger partial charge in [0.05, 0.1) is 55.6 Å². The van der Waals surface area contributed by atoms with Crippen LogP contribution >= 0.6 is 0 Å². The smallest absolute Gasteiger partial charge is 0.143 e. The van der Waals surface area contributed by atoms with Gasteiger partial charge >= 0.3 is 0 Å². The molecule has 0 N–H and O–H groups in total. The first-order valence-corrected chi connectivity index (χ1v) is 20.6.